The Balaban J connectivity index is 1.77. The van der Waals surface area contributed by atoms with E-state index in [2.05, 4.69) is 21.5 Å². The standard InChI is InChI=1S/C19H24ClN3O2S/c1-3-16-6-4-5-11-23(16)19-10-7-15(13-21-19)22-26(24,25)17-8-9-18(20)14(2)12-17/h7-10,12-13,16,22H,3-6,11H2,1-2H3. The number of sulfonamides is 1. The number of rotatable bonds is 5. The van der Waals surface area contributed by atoms with Gasteiger partial charge in [-0.1, -0.05) is 18.5 Å². The number of anilines is 2. The summed E-state index contributed by atoms with van der Waals surface area (Å²) in [5.41, 5.74) is 1.17. The van der Waals surface area contributed by atoms with Gasteiger partial charge < -0.3 is 4.90 Å². The highest BCUT2D eigenvalue weighted by molar-refractivity contribution is 7.92. The van der Waals surface area contributed by atoms with Gasteiger partial charge in [-0.25, -0.2) is 13.4 Å². The molecule has 0 saturated carbocycles. The molecular weight excluding hydrogens is 370 g/mol. The Morgan fingerprint density at radius 1 is 1.27 bits per heavy atom. The predicted molar refractivity (Wildman–Crippen MR) is 107 cm³/mol. The lowest BCUT2D eigenvalue weighted by Crippen LogP contribution is -2.39. The SMILES string of the molecule is CCC1CCCCN1c1ccc(NS(=O)(=O)c2ccc(Cl)c(C)c2)cn1. The molecule has 1 aliphatic rings. The fourth-order valence-corrected chi connectivity index (χ4v) is 4.59. The zero-order valence-corrected chi connectivity index (χ0v) is 16.6. The van der Waals surface area contributed by atoms with Crippen LogP contribution in [0.25, 0.3) is 0 Å². The van der Waals surface area contributed by atoms with Gasteiger partial charge in [-0.2, -0.15) is 0 Å². The number of nitrogens with zero attached hydrogens (tertiary/aromatic N) is 2. The number of benzene rings is 1. The van der Waals surface area contributed by atoms with Crippen molar-refractivity contribution in [1.82, 2.24) is 4.98 Å². The van der Waals surface area contributed by atoms with E-state index < -0.39 is 10.0 Å². The predicted octanol–water partition coefficient (Wildman–Crippen LogP) is 4.61. The summed E-state index contributed by atoms with van der Waals surface area (Å²) in [6, 6.07) is 8.82. The normalized spacial score (nSPS) is 18.0. The first-order valence-corrected chi connectivity index (χ1v) is 10.8. The monoisotopic (exact) mass is 393 g/mol. The van der Waals surface area contributed by atoms with Crippen LogP contribution in [0.4, 0.5) is 11.5 Å². The number of pyridine rings is 1. The molecule has 7 heteroatoms. The van der Waals surface area contributed by atoms with Gasteiger partial charge in [0.15, 0.2) is 0 Å². The van der Waals surface area contributed by atoms with Crippen LogP contribution in [0.5, 0.6) is 0 Å². The van der Waals surface area contributed by atoms with Crippen molar-refractivity contribution >= 4 is 33.1 Å². The maximum atomic E-state index is 12.6. The Morgan fingerprint density at radius 2 is 2.08 bits per heavy atom. The van der Waals surface area contributed by atoms with E-state index in [-0.39, 0.29) is 4.90 Å². The van der Waals surface area contributed by atoms with Gasteiger partial charge in [0.25, 0.3) is 10.0 Å². The molecule has 1 atom stereocenters. The maximum absolute atomic E-state index is 12.6. The summed E-state index contributed by atoms with van der Waals surface area (Å²) in [7, 11) is -3.67. The molecule has 0 radical (unpaired) electrons. The largest absolute Gasteiger partial charge is 0.354 e. The minimum atomic E-state index is -3.67. The smallest absolute Gasteiger partial charge is 0.261 e. The lowest BCUT2D eigenvalue weighted by molar-refractivity contribution is 0.447. The summed E-state index contributed by atoms with van der Waals surface area (Å²) in [4.78, 5) is 7.00. The van der Waals surface area contributed by atoms with Crippen LogP contribution in [0.2, 0.25) is 5.02 Å². The lowest BCUT2D eigenvalue weighted by Gasteiger charge is -2.36. The van der Waals surface area contributed by atoms with Crippen molar-refractivity contribution < 1.29 is 8.42 Å². The second-order valence-corrected chi connectivity index (χ2v) is 8.76. The van der Waals surface area contributed by atoms with E-state index >= 15 is 0 Å². The third kappa shape index (κ3) is 4.13. The number of halogens is 1. The molecule has 5 nitrogen and oxygen atoms in total. The first-order chi connectivity index (χ1) is 12.4. The van der Waals surface area contributed by atoms with Crippen LogP contribution in [-0.4, -0.2) is 26.0 Å². The number of hydrogen-bond donors (Lipinski definition) is 1. The Morgan fingerprint density at radius 3 is 2.73 bits per heavy atom. The molecule has 1 fully saturated rings. The van der Waals surface area contributed by atoms with Crippen LogP contribution >= 0.6 is 11.6 Å². The fourth-order valence-electron chi connectivity index (χ4n) is 3.34. The minimum absolute atomic E-state index is 0.186. The molecule has 2 aromatic rings. The van der Waals surface area contributed by atoms with Crippen molar-refractivity contribution in [2.45, 2.75) is 50.5 Å². The Kier molecular flexibility index (Phi) is 5.73. The molecule has 140 valence electrons. The number of aryl methyl sites for hydroxylation is 1. The molecule has 3 rings (SSSR count). The van der Waals surface area contributed by atoms with E-state index in [9.17, 15) is 8.42 Å². The number of nitrogens with one attached hydrogen (secondary N) is 1. The van der Waals surface area contributed by atoms with Crippen molar-refractivity contribution in [3.63, 3.8) is 0 Å². The number of hydrogen-bond acceptors (Lipinski definition) is 4. The van der Waals surface area contributed by atoms with Crippen molar-refractivity contribution in [2.75, 3.05) is 16.2 Å². The molecule has 0 amide bonds. The van der Waals surface area contributed by atoms with Crippen molar-refractivity contribution in [3.05, 3.63) is 47.1 Å². The van der Waals surface area contributed by atoms with E-state index in [1.165, 1.54) is 25.3 Å². The average Bonchev–Trinajstić information content (AvgIpc) is 2.64. The first-order valence-electron chi connectivity index (χ1n) is 8.92. The molecule has 0 bridgehead atoms. The second kappa shape index (κ2) is 7.84. The summed E-state index contributed by atoms with van der Waals surface area (Å²) in [5.74, 6) is 0.904. The molecule has 1 unspecified atom stereocenters. The van der Waals surface area contributed by atoms with Gasteiger partial charge >= 0.3 is 0 Å². The highest BCUT2D eigenvalue weighted by Gasteiger charge is 2.22. The van der Waals surface area contributed by atoms with Crippen LogP contribution in [0.1, 0.15) is 38.2 Å². The summed E-state index contributed by atoms with van der Waals surface area (Å²) in [5, 5.41) is 0.543. The summed E-state index contributed by atoms with van der Waals surface area (Å²) >= 11 is 5.98. The highest BCUT2D eigenvalue weighted by atomic mass is 35.5. The first kappa shape index (κ1) is 19.0. The second-order valence-electron chi connectivity index (χ2n) is 6.67. The molecule has 1 saturated heterocycles. The number of aromatic nitrogens is 1. The van der Waals surface area contributed by atoms with Gasteiger partial charge in [-0.3, -0.25) is 4.72 Å². The van der Waals surface area contributed by atoms with Gasteiger partial charge in [-0.15, -0.1) is 0 Å². The van der Waals surface area contributed by atoms with Crippen molar-refractivity contribution in [2.24, 2.45) is 0 Å². The fraction of sp³-hybridized carbons (Fsp3) is 0.421. The summed E-state index contributed by atoms with van der Waals surface area (Å²) < 4.78 is 27.7. The molecule has 0 aliphatic carbocycles. The topological polar surface area (TPSA) is 62.3 Å². The Labute approximate surface area is 160 Å². The van der Waals surface area contributed by atoms with E-state index in [1.807, 2.05) is 6.07 Å². The summed E-state index contributed by atoms with van der Waals surface area (Å²) in [6.45, 7) is 4.97. The minimum Gasteiger partial charge on any atom is -0.354 e. The highest BCUT2D eigenvalue weighted by Crippen LogP contribution is 2.26. The van der Waals surface area contributed by atoms with Crippen molar-refractivity contribution in [1.29, 1.82) is 0 Å². The molecule has 1 aromatic carbocycles. The molecule has 1 N–H and O–H groups in total. The number of piperidine rings is 1. The summed E-state index contributed by atoms with van der Waals surface area (Å²) in [6.07, 6.45) is 6.28. The quantitative estimate of drug-likeness (QED) is 0.805. The average molecular weight is 394 g/mol. The Bertz CT molecular complexity index is 869. The van der Waals surface area contributed by atoms with E-state index in [0.717, 1.165) is 24.3 Å². The zero-order chi connectivity index (χ0) is 18.7. The van der Waals surface area contributed by atoms with Crippen LogP contribution in [0.3, 0.4) is 0 Å². The molecule has 26 heavy (non-hydrogen) atoms. The van der Waals surface area contributed by atoms with E-state index in [4.69, 9.17) is 11.6 Å². The van der Waals surface area contributed by atoms with Gasteiger partial charge in [0.05, 0.1) is 16.8 Å². The molecular formula is C19H24ClN3O2S. The van der Waals surface area contributed by atoms with Crippen LogP contribution in [-0.2, 0) is 10.0 Å². The lowest BCUT2D eigenvalue weighted by atomic mass is 10.00. The van der Waals surface area contributed by atoms with Gasteiger partial charge in [-0.05, 0) is 68.5 Å². The van der Waals surface area contributed by atoms with E-state index in [1.54, 1.807) is 31.3 Å². The molecule has 1 aliphatic heterocycles. The van der Waals surface area contributed by atoms with Crippen LogP contribution in [0, 0.1) is 6.92 Å². The third-order valence-corrected chi connectivity index (χ3v) is 6.64. The van der Waals surface area contributed by atoms with Crippen LogP contribution < -0.4 is 9.62 Å². The van der Waals surface area contributed by atoms with Crippen LogP contribution in [0.15, 0.2) is 41.4 Å². The van der Waals surface area contributed by atoms with E-state index in [0.29, 0.717) is 16.8 Å². The maximum Gasteiger partial charge on any atom is 0.261 e. The molecule has 2 heterocycles. The van der Waals surface area contributed by atoms with Gasteiger partial charge in [0.1, 0.15) is 5.82 Å². The van der Waals surface area contributed by atoms with Crippen molar-refractivity contribution in [3.8, 4) is 0 Å². The molecule has 0 spiro atoms. The molecule has 1 aromatic heterocycles. The zero-order valence-electron chi connectivity index (χ0n) is 15.1. The third-order valence-electron chi connectivity index (χ3n) is 4.83. The Hall–Kier alpha value is -1.79. The van der Waals surface area contributed by atoms with Gasteiger partial charge in [0.2, 0.25) is 0 Å². The van der Waals surface area contributed by atoms with Gasteiger partial charge in [0, 0.05) is 17.6 Å².